The third kappa shape index (κ3) is 5.69. The number of hydrogen-bond acceptors (Lipinski definition) is 7. The number of nitro benzene ring substituents is 1. The summed E-state index contributed by atoms with van der Waals surface area (Å²) < 4.78 is 19.4. The van der Waals surface area contributed by atoms with Gasteiger partial charge in [0.15, 0.2) is 11.6 Å². The van der Waals surface area contributed by atoms with Crippen molar-refractivity contribution in [2.75, 3.05) is 32.0 Å². The number of rotatable bonds is 7. The van der Waals surface area contributed by atoms with Crippen LogP contribution in [0, 0.1) is 15.9 Å². The summed E-state index contributed by atoms with van der Waals surface area (Å²) in [7, 11) is 1.94. The number of nitrogens with one attached hydrogen (secondary N) is 2. The molecule has 0 radical (unpaired) electrons. The van der Waals surface area contributed by atoms with Gasteiger partial charge in [0, 0.05) is 37.5 Å². The van der Waals surface area contributed by atoms with Crippen molar-refractivity contribution in [2.24, 2.45) is 0 Å². The molecule has 29 heavy (non-hydrogen) atoms. The summed E-state index contributed by atoms with van der Waals surface area (Å²) in [6.07, 6.45) is 3.41. The SMILES string of the molecule is CNC1CCN(CC(=O)Nc2cc(Oc3ccc([N+](=O)[O-])cc3F)ccn2)CC1. The minimum Gasteiger partial charge on any atom is -0.454 e. The molecular weight excluding hydrogens is 381 g/mol. The highest BCUT2D eigenvalue weighted by Crippen LogP contribution is 2.28. The molecule has 1 saturated heterocycles. The summed E-state index contributed by atoms with van der Waals surface area (Å²) in [6, 6.07) is 6.58. The van der Waals surface area contributed by atoms with E-state index < -0.39 is 10.7 Å². The lowest BCUT2D eigenvalue weighted by Crippen LogP contribution is -2.44. The van der Waals surface area contributed by atoms with Crippen molar-refractivity contribution >= 4 is 17.4 Å². The van der Waals surface area contributed by atoms with Gasteiger partial charge in [-0.2, -0.15) is 0 Å². The van der Waals surface area contributed by atoms with Crippen LogP contribution in [0.2, 0.25) is 0 Å². The van der Waals surface area contributed by atoms with E-state index in [2.05, 4.69) is 20.5 Å². The Bertz CT molecular complexity index is 887. The van der Waals surface area contributed by atoms with Crippen molar-refractivity contribution in [3.63, 3.8) is 0 Å². The zero-order chi connectivity index (χ0) is 20.8. The number of carbonyl (C=O) groups is 1. The number of amides is 1. The molecule has 154 valence electrons. The van der Waals surface area contributed by atoms with Crippen molar-refractivity contribution in [3.05, 3.63) is 52.5 Å². The van der Waals surface area contributed by atoms with Gasteiger partial charge in [0.05, 0.1) is 17.5 Å². The van der Waals surface area contributed by atoms with E-state index in [0.29, 0.717) is 6.04 Å². The smallest absolute Gasteiger partial charge is 0.272 e. The highest BCUT2D eigenvalue weighted by molar-refractivity contribution is 5.91. The molecule has 0 saturated carbocycles. The number of non-ortho nitro benzene ring substituents is 1. The molecule has 2 aromatic rings. The first kappa shape index (κ1) is 20.6. The predicted octanol–water partition coefficient (Wildman–Crippen LogP) is 2.54. The third-order valence-corrected chi connectivity index (χ3v) is 4.72. The van der Waals surface area contributed by atoms with E-state index in [9.17, 15) is 19.3 Å². The van der Waals surface area contributed by atoms with Crippen LogP contribution < -0.4 is 15.4 Å². The summed E-state index contributed by atoms with van der Waals surface area (Å²) >= 11 is 0. The van der Waals surface area contributed by atoms with Gasteiger partial charge >= 0.3 is 0 Å². The van der Waals surface area contributed by atoms with Crippen LogP contribution >= 0.6 is 0 Å². The summed E-state index contributed by atoms with van der Waals surface area (Å²) in [6.45, 7) is 1.95. The molecule has 3 rings (SSSR count). The normalized spacial score (nSPS) is 15.1. The fourth-order valence-corrected chi connectivity index (χ4v) is 3.12. The summed E-state index contributed by atoms with van der Waals surface area (Å²) in [5.41, 5.74) is -0.365. The Morgan fingerprint density at radius 2 is 2.10 bits per heavy atom. The molecule has 10 heteroatoms. The molecular formula is C19H22FN5O4. The van der Waals surface area contributed by atoms with Crippen LogP contribution in [0.3, 0.4) is 0 Å². The summed E-state index contributed by atoms with van der Waals surface area (Å²) in [5.74, 6) is -0.685. The number of benzene rings is 1. The monoisotopic (exact) mass is 403 g/mol. The van der Waals surface area contributed by atoms with E-state index in [-0.39, 0.29) is 35.5 Å². The second-order valence-electron chi connectivity index (χ2n) is 6.74. The largest absolute Gasteiger partial charge is 0.454 e. The van der Waals surface area contributed by atoms with Crippen LogP contribution in [0.4, 0.5) is 15.9 Å². The predicted molar refractivity (Wildman–Crippen MR) is 105 cm³/mol. The second kappa shape index (κ2) is 9.39. The summed E-state index contributed by atoms with van der Waals surface area (Å²) in [5, 5.41) is 16.6. The molecule has 9 nitrogen and oxygen atoms in total. The van der Waals surface area contributed by atoms with E-state index in [4.69, 9.17) is 4.74 Å². The van der Waals surface area contributed by atoms with Gasteiger partial charge in [-0.3, -0.25) is 19.8 Å². The Morgan fingerprint density at radius 1 is 1.34 bits per heavy atom. The fraction of sp³-hybridized carbons (Fsp3) is 0.368. The maximum Gasteiger partial charge on any atom is 0.272 e. The van der Waals surface area contributed by atoms with Gasteiger partial charge in [0.25, 0.3) is 5.69 Å². The minimum absolute atomic E-state index is 0.161. The first-order valence-corrected chi connectivity index (χ1v) is 9.22. The lowest BCUT2D eigenvalue weighted by Gasteiger charge is -2.31. The number of halogens is 1. The molecule has 0 spiro atoms. The molecule has 0 atom stereocenters. The highest BCUT2D eigenvalue weighted by Gasteiger charge is 2.20. The van der Waals surface area contributed by atoms with Crippen molar-refractivity contribution in [2.45, 2.75) is 18.9 Å². The molecule has 0 unspecified atom stereocenters. The number of ether oxygens (including phenoxy) is 1. The number of piperidine rings is 1. The van der Waals surface area contributed by atoms with Crippen molar-refractivity contribution in [1.29, 1.82) is 0 Å². The molecule has 1 aliphatic heterocycles. The molecule has 2 N–H and O–H groups in total. The minimum atomic E-state index is -0.855. The van der Waals surface area contributed by atoms with Crippen LogP contribution in [-0.2, 0) is 4.79 Å². The molecule has 1 aliphatic rings. The van der Waals surface area contributed by atoms with Crippen LogP contribution in [0.5, 0.6) is 11.5 Å². The van der Waals surface area contributed by atoms with E-state index in [1.807, 2.05) is 7.05 Å². The number of hydrogen-bond donors (Lipinski definition) is 2. The lowest BCUT2D eigenvalue weighted by atomic mass is 10.1. The van der Waals surface area contributed by atoms with E-state index in [1.54, 1.807) is 0 Å². The van der Waals surface area contributed by atoms with Gasteiger partial charge in [-0.05, 0) is 32.0 Å². The Morgan fingerprint density at radius 3 is 2.76 bits per heavy atom. The van der Waals surface area contributed by atoms with E-state index in [0.717, 1.165) is 38.1 Å². The first-order valence-electron chi connectivity index (χ1n) is 9.22. The average Bonchev–Trinajstić information content (AvgIpc) is 2.70. The van der Waals surface area contributed by atoms with Crippen molar-refractivity contribution in [3.8, 4) is 11.5 Å². The number of anilines is 1. The summed E-state index contributed by atoms with van der Waals surface area (Å²) in [4.78, 5) is 28.4. The Balaban J connectivity index is 1.58. The number of pyridine rings is 1. The maximum absolute atomic E-state index is 14.0. The van der Waals surface area contributed by atoms with Crippen LogP contribution in [0.25, 0.3) is 0 Å². The molecule has 0 bridgehead atoms. The van der Waals surface area contributed by atoms with E-state index >= 15 is 0 Å². The molecule has 1 aromatic heterocycles. The fourth-order valence-electron chi connectivity index (χ4n) is 3.12. The molecule has 2 heterocycles. The lowest BCUT2D eigenvalue weighted by molar-refractivity contribution is -0.385. The van der Waals surface area contributed by atoms with Crippen LogP contribution in [0.1, 0.15) is 12.8 Å². The second-order valence-corrected chi connectivity index (χ2v) is 6.74. The number of carbonyl (C=O) groups excluding carboxylic acids is 1. The standard InChI is InChI=1S/C19H22FN5O4/c1-21-13-5-8-24(9-6-13)12-19(26)23-18-11-15(4-7-22-18)29-17-3-2-14(25(27)28)10-16(17)20/h2-4,7,10-11,13,21H,5-6,8-9,12H2,1H3,(H,22,23,26). The number of nitrogens with zero attached hydrogens (tertiary/aromatic N) is 3. The van der Waals surface area contributed by atoms with Gasteiger partial charge < -0.3 is 15.4 Å². The number of nitro groups is 1. The molecule has 1 amide bonds. The maximum atomic E-state index is 14.0. The number of aromatic nitrogens is 1. The Hall–Kier alpha value is -3.11. The van der Waals surface area contributed by atoms with Gasteiger partial charge in [0.2, 0.25) is 5.91 Å². The molecule has 1 aromatic carbocycles. The van der Waals surface area contributed by atoms with Gasteiger partial charge in [-0.25, -0.2) is 9.37 Å². The molecule has 0 aliphatic carbocycles. The number of likely N-dealkylation sites (tertiary alicyclic amines) is 1. The Labute approximate surface area is 167 Å². The van der Waals surface area contributed by atoms with Gasteiger partial charge in [0.1, 0.15) is 11.6 Å². The first-order chi connectivity index (χ1) is 13.9. The van der Waals surface area contributed by atoms with E-state index in [1.165, 1.54) is 24.4 Å². The van der Waals surface area contributed by atoms with Gasteiger partial charge in [-0.1, -0.05) is 0 Å². The highest BCUT2D eigenvalue weighted by atomic mass is 19.1. The zero-order valence-electron chi connectivity index (χ0n) is 15.9. The van der Waals surface area contributed by atoms with Crippen molar-refractivity contribution < 1.29 is 18.8 Å². The Kier molecular flexibility index (Phi) is 6.68. The van der Waals surface area contributed by atoms with Gasteiger partial charge in [-0.15, -0.1) is 0 Å². The zero-order valence-corrected chi connectivity index (χ0v) is 15.9. The van der Waals surface area contributed by atoms with Crippen LogP contribution in [-0.4, -0.2) is 53.4 Å². The average molecular weight is 403 g/mol. The van der Waals surface area contributed by atoms with Crippen molar-refractivity contribution in [1.82, 2.24) is 15.2 Å². The van der Waals surface area contributed by atoms with Crippen LogP contribution in [0.15, 0.2) is 36.5 Å². The molecule has 1 fully saturated rings. The topological polar surface area (TPSA) is 110 Å². The quantitative estimate of drug-likeness (QED) is 0.540. The third-order valence-electron chi connectivity index (χ3n) is 4.72.